The van der Waals surface area contributed by atoms with Gasteiger partial charge in [-0.05, 0) is 18.6 Å². The first-order valence-corrected chi connectivity index (χ1v) is 3.62. The molecule has 0 radical (unpaired) electrons. The van der Waals surface area contributed by atoms with Crippen molar-refractivity contribution >= 4 is 24.8 Å². The van der Waals surface area contributed by atoms with E-state index in [1.54, 1.807) is 6.20 Å². The summed E-state index contributed by atoms with van der Waals surface area (Å²) in [6.07, 6.45) is 2.27. The molecule has 1 atom stereocenters. The number of hydrogen-bond donors (Lipinski definition) is 2. The molecule has 5 heteroatoms. The predicted molar refractivity (Wildman–Crippen MR) is 57.4 cm³/mol. The number of aliphatic hydroxyl groups is 1. The van der Waals surface area contributed by atoms with E-state index in [1.165, 1.54) is 0 Å². The molecular weight excluding hydrogens is 211 g/mol. The summed E-state index contributed by atoms with van der Waals surface area (Å²) in [6, 6.07) is 5.45. The first kappa shape index (κ1) is 15.1. The number of nitrogens with zero attached hydrogens (tertiary/aromatic N) is 1. The molecule has 0 saturated heterocycles. The highest BCUT2D eigenvalue weighted by atomic mass is 35.5. The fourth-order valence-corrected chi connectivity index (χ4v) is 0.882. The van der Waals surface area contributed by atoms with Crippen LogP contribution in [0.3, 0.4) is 0 Å². The Balaban J connectivity index is 0. The Kier molecular flexibility index (Phi) is 9.61. The lowest BCUT2D eigenvalue weighted by atomic mass is 10.1. The van der Waals surface area contributed by atoms with E-state index in [1.807, 2.05) is 18.2 Å². The molecule has 1 aromatic rings. The molecule has 0 aliphatic carbocycles. The van der Waals surface area contributed by atoms with Gasteiger partial charge < -0.3 is 10.8 Å². The Bertz CT molecular complexity index is 209. The number of pyridine rings is 1. The van der Waals surface area contributed by atoms with Gasteiger partial charge in [-0.2, -0.15) is 0 Å². The second-order valence-electron chi connectivity index (χ2n) is 2.37. The third-order valence-corrected chi connectivity index (χ3v) is 1.51. The van der Waals surface area contributed by atoms with Gasteiger partial charge >= 0.3 is 0 Å². The third kappa shape index (κ3) is 5.05. The van der Waals surface area contributed by atoms with Crippen LogP contribution in [0.25, 0.3) is 0 Å². The van der Waals surface area contributed by atoms with Crippen molar-refractivity contribution in [1.82, 2.24) is 4.98 Å². The monoisotopic (exact) mass is 224 g/mol. The van der Waals surface area contributed by atoms with Crippen LogP contribution >= 0.6 is 24.8 Å². The van der Waals surface area contributed by atoms with Crippen LogP contribution < -0.4 is 5.73 Å². The summed E-state index contributed by atoms with van der Waals surface area (Å²) in [5.74, 6) is 0. The summed E-state index contributed by atoms with van der Waals surface area (Å²) in [7, 11) is 0. The zero-order valence-corrected chi connectivity index (χ0v) is 8.72. The summed E-state index contributed by atoms with van der Waals surface area (Å²) >= 11 is 0. The lowest BCUT2D eigenvalue weighted by Crippen LogP contribution is -2.13. The van der Waals surface area contributed by atoms with Gasteiger partial charge in [0.15, 0.2) is 0 Å². The van der Waals surface area contributed by atoms with Crippen LogP contribution in [0, 0.1) is 0 Å². The van der Waals surface area contributed by atoms with Crippen molar-refractivity contribution in [2.24, 2.45) is 5.73 Å². The van der Waals surface area contributed by atoms with E-state index in [4.69, 9.17) is 10.8 Å². The van der Waals surface area contributed by atoms with E-state index < -0.39 is 0 Å². The summed E-state index contributed by atoms with van der Waals surface area (Å²) < 4.78 is 0. The molecule has 3 N–H and O–H groups in total. The minimum absolute atomic E-state index is 0. The van der Waals surface area contributed by atoms with Crippen molar-refractivity contribution in [2.75, 3.05) is 6.61 Å². The Morgan fingerprint density at radius 1 is 1.38 bits per heavy atom. The quantitative estimate of drug-likeness (QED) is 0.815. The van der Waals surface area contributed by atoms with Gasteiger partial charge in [-0.25, -0.2) is 0 Å². The molecule has 1 unspecified atom stereocenters. The Hall–Kier alpha value is -0.350. The van der Waals surface area contributed by atoms with Crippen molar-refractivity contribution in [3.8, 4) is 0 Å². The number of halogens is 2. The topological polar surface area (TPSA) is 59.1 Å². The lowest BCUT2D eigenvalue weighted by molar-refractivity contribution is 0.275. The standard InChI is InChI=1S/C8H12N2O.2ClH/c9-7(4-6-11)8-3-1-2-5-10-8;;/h1-3,5,7,11H,4,6,9H2;2*1H. The Morgan fingerprint density at radius 2 is 2.08 bits per heavy atom. The highest BCUT2D eigenvalue weighted by molar-refractivity contribution is 5.85. The van der Waals surface area contributed by atoms with Crippen LogP contribution in [0.4, 0.5) is 0 Å². The third-order valence-electron chi connectivity index (χ3n) is 1.51. The van der Waals surface area contributed by atoms with E-state index in [9.17, 15) is 0 Å². The zero-order valence-electron chi connectivity index (χ0n) is 7.09. The molecule has 1 heterocycles. The second-order valence-corrected chi connectivity index (χ2v) is 2.37. The lowest BCUT2D eigenvalue weighted by Gasteiger charge is -2.07. The number of hydrogen-bond acceptors (Lipinski definition) is 3. The minimum Gasteiger partial charge on any atom is -0.396 e. The van der Waals surface area contributed by atoms with Crippen molar-refractivity contribution in [3.05, 3.63) is 30.1 Å². The van der Waals surface area contributed by atoms with Crippen LogP contribution in [0.15, 0.2) is 24.4 Å². The van der Waals surface area contributed by atoms with Crippen molar-refractivity contribution < 1.29 is 5.11 Å². The highest BCUT2D eigenvalue weighted by Gasteiger charge is 2.03. The molecule has 0 aromatic carbocycles. The van der Waals surface area contributed by atoms with Gasteiger partial charge in [-0.3, -0.25) is 4.98 Å². The van der Waals surface area contributed by atoms with Crippen LogP contribution in [-0.2, 0) is 0 Å². The molecule has 0 bridgehead atoms. The average molecular weight is 225 g/mol. The number of rotatable bonds is 3. The molecule has 1 aromatic heterocycles. The number of aromatic nitrogens is 1. The smallest absolute Gasteiger partial charge is 0.0571 e. The first-order valence-electron chi connectivity index (χ1n) is 3.62. The highest BCUT2D eigenvalue weighted by Crippen LogP contribution is 2.08. The maximum absolute atomic E-state index is 8.59. The normalized spacial score (nSPS) is 10.9. The molecule has 13 heavy (non-hydrogen) atoms. The van der Waals surface area contributed by atoms with Crippen molar-refractivity contribution in [2.45, 2.75) is 12.5 Å². The summed E-state index contributed by atoms with van der Waals surface area (Å²) in [4.78, 5) is 4.06. The summed E-state index contributed by atoms with van der Waals surface area (Å²) in [5, 5.41) is 8.59. The second kappa shape index (κ2) is 8.26. The Morgan fingerprint density at radius 3 is 2.54 bits per heavy atom. The van der Waals surface area contributed by atoms with Gasteiger partial charge in [0.25, 0.3) is 0 Å². The molecule has 0 fully saturated rings. The van der Waals surface area contributed by atoms with Gasteiger partial charge in [-0.1, -0.05) is 6.07 Å². The van der Waals surface area contributed by atoms with Gasteiger partial charge in [-0.15, -0.1) is 24.8 Å². The minimum atomic E-state index is -0.138. The van der Waals surface area contributed by atoms with Crippen molar-refractivity contribution in [1.29, 1.82) is 0 Å². The van der Waals surface area contributed by atoms with E-state index >= 15 is 0 Å². The van der Waals surface area contributed by atoms with E-state index in [-0.39, 0.29) is 37.5 Å². The molecule has 0 spiro atoms. The van der Waals surface area contributed by atoms with E-state index in [0.717, 1.165) is 5.69 Å². The van der Waals surface area contributed by atoms with Gasteiger partial charge in [0, 0.05) is 18.8 Å². The number of nitrogens with two attached hydrogens (primary N) is 1. The van der Waals surface area contributed by atoms with E-state index in [0.29, 0.717) is 6.42 Å². The molecule has 3 nitrogen and oxygen atoms in total. The average Bonchev–Trinajstić information content (AvgIpc) is 2.07. The largest absolute Gasteiger partial charge is 0.396 e. The van der Waals surface area contributed by atoms with Crippen LogP contribution in [0.2, 0.25) is 0 Å². The van der Waals surface area contributed by atoms with Crippen molar-refractivity contribution in [3.63, 3.8) is 0 Å². The number of aliphatic hydroxyl groups excluding tert-OH is 1. The Labute approximate surface area is 90.2 Å². The van der Waals surface area contributed by atoms with Gasteiger partial charge in [0.05, 0.1) is 5.69 Å². The molecule has 0 aliphatic heterocycles. The first-order chi connectivity index (χ1) is 5.34. The van der Waals surface area contributed by atoms with Crippen LogP contribution in [0.1, 0.15) is 18.2 Å². The zero-order chi connectivity index (χ0) is 8.10. The molecular formula is C8H14Cl2N2O. The van der Waals surface area contributed by atoms with Gasteiger partial charge in [0.1, 0.15) is 0 Å². The summed E-state index contributed by atoms with van der Waals surface area (Å²) in [5.41, 5.74) is 6.52. The fraction of sp³-hybridized carbons (Fsp3) is 0.375. The molecule has 0 saturated carbocycles. The van der Waals surface area contributed by atoms with Crippen LogP contribution in [-0.4, -0.2) is 16.7 Å². The van der Waals surface area contributed by atoms with Gasteiger partial charge in [0.2, 0.25) is 0 Å². The van der Waals surface area contributed by atoms with Crippen LogP contribution in [0.5, 0.6) is 0 Å². The molecule has 0 aliphatic rings. The van der Waals surface area contributed by atoms with E-state index in [2.05, 4.69) is 4.98 Å². The molecule has 0 amide bonds. The summed E-state index contributed by atoms with van der Waals surface area (Å²) in [6.45, 7) is 0.109. The fourth-order valence-electron chi connectivity index (χ4n) is 0.882. The SMILES string of the molecule is Cl.Cl.NC(CCO)c1ccccn1. The maximum Gasteiger partial charge on any atom is 0.0571 e. The molecule has 1 rings (SSSR count). The maximum atomic E-state index is 8.59. The molecule has 76 valence electrons. The predicted octanol–water partition coefficient (Wildman–Crippen LogP) is 1.31.